The van der Waals surface area contributed by atoms with Crippen LogP contribution in [0.1, 0.15) is 27.1 Å². The third-order valence-electron chi connectivity index (χ3n) is 5.27. The Kier molecular flexibility index (Phi) is 7.70. The first-order valence-electron chi connectivity index (χ1n) is 11.2. The zero-order chi connectivity index (χ0) is 23.6. The number of nitrogens with one attached hydrogen (secondary N) is 1. The highest BCUT2D eigenvalue weighted by Gasteiger charge is 2.17. The van der Waals surface area contributed by atoms with Crippen molar-refractivity contribution in [2.75, 3.05) is 18.0 Å². The van der Waals surface area contributed by atoms with Gasteiger partial charge >= 0.3 is 0 Å². The van der Waals surface area contributed by atoms with E-state index in [2.05, 4.69) is 5.32 Å². The van der Waals surface area contributed by atoms with E-state index in [1.807, 2.05) is 91.0 Å². The predicted octanol–water partition coefficient (Wildman–Crippen LogP) is 5.95. The molecule has 1 N–H and O–H groups in total. The van der Waals surface area contributed by atoms with Crippen molar-refractivity contribution >= 4 is 17.5 Å². The lowest BCUT2D eigenvalue weighted by Gasteiger charge is -2.23. The molecule has 34 heavy (non-hydrogen) atoms. The molecule has 2 amide bonds. The summed E-state index contributed by atoms with van der Waals surface area (Å²) in [5, 5.41) is 2.92. The van der Waals surface area contributed by atoms with Crippen LogP contribution in [-0.4, -0.2) is 24.9 Å². The quantitative estimate of drug-likeness (QED) is 0.321. The van der Waals surface area contributed by atoms with Crippen LogP contribution >= 0.6 is 0 Å². The fraction of sp³-hybridized carbons (Fsp3) is 0.103. The van der Waals surface area contributed by atoms with Crippen molar-refractivity contribution < 1.29 is 14.3 Å². The number of amides is 2. The number of anilines is 1. The molecule has 0 bridgehead atoms. The van der Waals surface area contributed by atoms with Gasteiger partial charge in [-0.05, 0) is 67.1 Å². The summed E-state index contributed by atoms with van der Waals surface area (Å²) >= 11 is 0. The van der Waals surface area contributed by atoms with Crippen LogP contribution in [0.5, 0.6) is 11.5 Å². The smallest absolute Gasteiger partial charge is 0.258 e. The molecule has 5 nitrogen and oxygen atoms in total. The minimum Gasteiger partial charge on any atom is -0.457 e. The molecule has 0 fully saturated rings. The molecular formula is C29H26N2O3. The van der Waals surface area contributed by atoms with Gasteiger partial charge in [-0.1, -0.05) is 54.6 Å². The fourth-order valence-electron chi connectivity index (χ4n) is 3.53. The standard InChI is InChI=1S/C29H26N2O3/c32-28(23-11-4-1-5-12-23)30-21-10-22-31(29(33)24-13-6-2-7-14-24)25-17-19-27(20-18-25)34-26-15-8-3-9-16-26/h1-9,11-20H,10,21-22H2,(H,30,32). The molecule has 4 aromatic carbocycles. The first kappa shape index (κ1) is 22.8. The van der Waals surface area contributed by atoms with E-state index in [4.69, 9.17) is 4.74 Å². The number of nitrogens with zero attached hydrogens (tertiary/aromatic N) is 1. The molecular weight excluding hydrogens is 424 g/mol. The van der Waals surface area contributed by atoms with Gasteiger partial charge in [0.2, 0.25) is 0 Å². The van der Waals surface area contributed by atoms with Crippen LogP contribution in [0, 0.1) is 0 Å². The number of hydrogen-bond donors (Lipinski definition) is 1. The second-order valence-corrected chi connectivity index (χ2v) is 7.71. The molecule has 0 spiro atoms. The Labute approximate surface area is 199 Å². The topological polar surface area (TPSA) is 58.6 Å². The van der Waals surface area contributed by atoms with Crippen LogP contribution in [0.15, 0.2) is 115 Å². The van der Waals surface area contributed by atoms with E-state index in [0.717, 1.165) is 11.4 Å². The molecule has 5 heteroatoms. The van der Waals surface area contributed by atoms with E-state index in [0.29, 0.717) is 36.4 Å². The lowest BCUT2D eigenvalue weighted by Crippen LogP contribution is -2.34. The van der Waals surface area contributed by atoms with Crippen LogP contribution in [0.25, 0.3) is 0 Å². The van der Waals surface area contributed by atoms with Gasteiger partial charge in [0.15, 0.2) is 0 Å². The van der Waals surface area contributed by atoms with Gasteiger partial charge in [-0.2, -0.15) is 0 Å². The summed E-state index contributed by atoms with van der Waals surface area (Å²) in [6.07, 6.45) is 0.611. The number of carbonyl (C=O) groups excluding carboxylic acids is 2. The Bertz CT molecular complexity index is 1190. The summed E-state index contributed by atoms with van der Waals surface area (Å²) in [5.74, 6) is 1.23. The van der Waals surface area contributed by atoms with Crippen LogP contribution in [-0.2, 0) is 0 Å². The number of hydrogen-bond acceptors (Lipinski definition) is 3. The van der Waals surface area contributed by atoms with Crippen molar-refractivity contribution in [3.63, 3.8) is 0 Å². The SMILES string of the molecule is O=C(NCCCN(C(=O)c1ccccc1)c1ccc(Oc2ccccc2)cc1)c1ccccc1. The van der Waals surface area contributed by atoms with E-state index in [1.54, 1.807) is 29.2 Å². The minimum absolute atomic E-state index is 0.0910. The zero-order valence-electron chi connectivity index (χ0n) is 18.8. The van der Waals surface area contributed by atoms with E-state index in [1.165, 1.54) is 0 Å². The molecule has 0 aliphatic rings. The Hall–Kier alpha value is -4.38. The van der Waals surface area contributed by atoms with Crippen molar-refractivity contribution in [1.29, 1.82) is 0 Å². The molecule has 0 aromatic heterocycles. The summed E-state index contributed by atoms with van der Waals surface area (Å²) in [6.45, 7) is 0.920. The molecule has 170 valence electrons. The van der Waals surface area contributed by atoms with Crippen LogP contribution in [0.4, 0.5) is 5.69 Å². The van der Waals surface area contributed by atoms with Gasteiger partial charge < -0.3 is 15.0 Å². The third kappa shape index (κ3) is 6.11. The molecule has 4 aromatic rings. The molecule has 0 aliphatic carbocycles. The lowest BCUT2D eigenvalue weighted by molar-refractivity contribution is 0.0953. The van der Waals surface area contributed by atoms with Crippen molar-refractivity contribution in [3.8, 4) is 11.5 Å². The first-order chi connectivity index (χ1) is 16.7. The molecule has 0 radical (unpaired) electrons. The van der Waals surface area contributed by atoms with Crippen molar-refractivity contribution in [1.82, 2.24) is 5.32 Å². The van der Waals surface area contributed by atoms with Crippen molar-refractivity contribution in [2.45, 2.75) is 6.42 Å². The number of ether oxygens (including phenoxy) is 1. The van der Waals surface area contributed by atoms with Crippen LogP contribution in [0.2, 0.25) is 0 Å². The van der Waals surface area contributed by atoms with Gasteiger partial charge in [-0.3, -0.25) is 9.59 Å². The molecule has 0 atom stereocenters. The highest BCUT2D eigenvalue weighted by molar-refractivity contribution is 6.06. The number of para-hydroxylation sites is 1. The second kappa shape index (κ2) is 11.5. The largest absolute Gasteiger partial charge is 0.457 e. The van der Waals surface area contributed by atoms with Gasteiger partial charge in [0.1, 0.15) is 11.5 Å². The summed E-state index contributed by atoms with van der Waals surface area (Å²) in [7, 11) is 0. The summed E-state index contributed by atoms with van der Waals surface area (Å²) < 4.78 is 5.87. The Balaban J connectivity index is 1.43. The third-order valence-corrected chi connectivity index (χ3v) is 5.27. The van der Waals surface area contributed by atoms with Gasteiger partial charge in [0.05, 0.1) is 0 Å². The van der Waals surface area contributed by atoms with Gasteiger partial charge in [-0.15, -0.1) is 0 Å². The maximum absolute atomic E-state index is 13.3. The van der Waals surface area contributed by atoms with Gasteiger partial charge in [0.25, 0.3) is 11.8 Å². The Morgan fingerprint density at radius 1 is 0.647 bits per heavy atom. The number of rotatable bonds is 9. The van der Waals surface area contributed by atoms with E-state index >= 15 is 0 Å². The van der Waals surface area contributed by atoms with E-state index in [-0.39, 0.29) is 11.8 Å². The monoisotopic (exact) mass is 450 g/mol. The van der Waals surface area contributed by atoms with Crippen LogP contribution in [0.3, 0.4) is 0 Å². The first-order valence-corrected chi connectivity index (χ1v) is 11.2. The van der Waals surface area contributed by atoms with Crippen molar-refractivity contribution in [3.05, 3.63) is 126 Å². The highest BCUT2D eigenvalue weighted by atomic mass is 16.5. The Morgan fingerprint density at radius 3 is 1.79 bits per heavy atom. The highest BCUT2D eigenvalue weighted by Crippen LogP contribution is 2.25. The molecule has 4 rings (SSSR count). The molecule has 0 saturated carbocycles. The summed E-state index contributed by atoms with van der Waals surface area (Å²) in [5.41, 5.74) is 2.00. The fourth-order valence-corrected chi connectivity index (χ4v) is 3.53. The predicted molar refractivity (Wildman–Crippen MR) is 134 cm³/mol. The maximum atomic E-state index is 13.3. The van der Waals surface area contributed by atoms with Crippen molar-refractivity contribution in [2.24, 2.45) is 0 Å². The normalized spacial score (nSPS) is 10.4. The average molecular weight is 451 g/mol. The maximum Gasteiger partial charge on any atom is 0.258 e. The van der Waals surface area contributed by atoms with E-state index < -0.39 is 0 Å². The van der Waals surface area contributed by atoms with Crippen LogP contribution < -0.4 is 15.0 Å². The van der Waals surface area contributed by atoms with Gasteiger partial charge in [-0.25, -0.2) is 0 Å². The molecule has 0 heterocycles. The zero-order valence-corrected chi connectivity index (χ0v) is 18.8. The number of carbonyl (C=O) groups is 2. The van der Waals surface area contributed by atoms with E-state index in [9.17, 15) is 9.59 Å². The molecule has 0 unspecified atom stereocenters. The van der Waals surface area contributed by atoms with Gasteiger partial charge in [0, 0.05) is 29.9 Å². The molecule has 0 saturated heterocycles. The second-order valence-electron chi connectivity index (χ2n) is 7.71. The average Bonchev–Trinajstić information content (AvgIpc) is 2.90. The molecule has 0 aliphatic heterocycles. The number of benzene rings is 4. The lowest BCUT2D eigenvalue weighted by atomic mass is 10.1. The minimum atomic E-state index is -0.121. The summed E-state index contributed by atoms with van der Waals surface area (Å²) in [4.78, 5) is 27.3. The Morgan fingerprint density at radius 2 is 1.18 bits per heavy atom. The summed E-state index contributed by atoms with van der Waals surface area (Å²) in [6, 6.07) is 35.3.